The second-order valence-corrected chi connectivity index (χ2v) is 7.73. The van der Waals surface area contributed by atoms with E-state index in [1.165, 1.54) is 0 Å². The summed E-state index contributed by atoms with van der Waals surface area (Å²) in [6, 6.07) is 7.08. The van der Waals surface area contributed by atoms with Gasteiger partial charge in [0, 0.05) is 6.92 Å². The first-order valence-corrected chi connectivity index (χ1v) is 9.15. The van der Waals surface area contributed by atoms with E-state index in [9.17, 15) is 8.42 Å². The summed E-state index contributed by atoms with van der Waals surface area (Å²) in [5.74, 6) is 0.547. The van der Waals surface area contributed by atoms with Crippen molar-refractivity contribution in [1.82, 2.24) is 4.98 Å². The van der Waals surface area contributed by atoms with Crippen LogP contribution in [-0.4, -0.2) is 13.4 Å². The van der Waals surface area contributed by atoms with E-state index < -0.39 is 10.0 Å². The topological polar surface area (TPSA) is 72.2 Å². The molecule has 2 aromatic carbocycles. The van der Waals surface area contributed by atoms with Crippen LogP contribution in [0.3, 0.4) is 0 Å². The minimum atomic E-state index is -3.69. The molecule has 0 fully saturated rings. The van der Waals surface area contributed by atoms with Crippen molar-refractivity contribution >= 4 is 26.8 Å². The number of nitrogens with one attached hydrogen (secondary N) is 1. The molecule has 0 spiro atoms. The van der Waals surface area contributed by atoms with Crippen molar-refractivity contribution in [3.8, 4) is 0 Å². The smallest absolute Gasteiger partial charge is 0.262 e. The summed E-state index contributed by atoms with van der Waals surface area (Å²) in [5, 5.41) is 0. The Bertz CT molecular complexity index is 1020. The Kier molecular flexibility index (Phi) is 3.87. The van der Waals surface area contributed by atoms with Crippen LogP contribution in [0.2, 0.25) is 0 Å². The molecule has 24 heavy (non-hydrogen) atoms. The van der Waals surface area contributed by atoms with Gasteiger partial charge in [-0.1, -0.05) is 6.07 Å². The van der Waals surface area contributed by atoms with Gasteiger partial charge < -0.3 is 4.42 Å². The molecule has 0 atom stereocenters. The average molecular weight is 344 g/mol. The summed E-state index contributed by atoms with van der Waals surface area (Å²) in [6.07, 6.45) is 0. The highest BCUT2D eigenvalue weighted by Gasteiger charge is 2.22. The maximum Gasteiger partial charge on any atom is 0.262 e. The number of benzene rings is 2. The van der Waals surface area contributed by atoms with E-state index in [2.05, 4.69) is 9.71 Å². The maximum absolute atomic E-state index is 12.9. The van der Waals surface area contributed by atoms with Crippen LogP contribution >= 0.6 is 0 Å². The quantitative estimate of drug-likeness (QED) is 0.774. The number of aromatic nitrogens is 1. The van der Waals surface area contributed by atoms with E-state index in [4.69, 9.17) is 4.42 Å². The van der Waals surface area contributed by atoms with Crippen molar-refractivity contribution in [2.24, 2.45) is 0 Å². The van der Waals surface area contributed by atoms with Crippen molar-refractivity contribution in [1.29, 1.82) is 0 Å². The number of oxazole rings is 1. The molecule has 1 aromatic heterocycles. The van der Waals surface area contributed by atoms with Crippen molar-refractivity contribution in [3.63, 3.8) is 0 Å². The molecule has 3 rings (SSSR count). The van der Waals surface area contributed by atoms with Gasteiger partial charge in [0.05, 0.1) is 10.6 Å². The number of nitrogens with zero attached hydrogens (tertiary/aromatic N) is 1. The molecule has 6 heteroatoms. The number of hydrogen-bond donors (Lipinski definition) is 1. The molecule has 126 valence electrons. The van der Waals surface area contributed by atoms with Gasteiger partial charge in [0.25, 0.3) is 10.0 Å². The van der Waals surface area contributed by atoms with Crippen LogP contribution in [0.4, 0.5) is 5.69 Å². The molecule has 0 aliphatic carbocycles. The van der Waals surface area contributed by atoms with Crippen molar-refractivity contribution in [2.45, 2.75) is 39.5 Å². The lowest BCUT2D eigenvalue weighted by atomic mass is 10.0. The molecule has 0 radical (unpaired) electrons. The molecule has 5 nitrogen and oxygen atoms in total. The Morgan fingerprint density at radius 3 is 2.21 bits per heavy atom. The summed E-state index contributed by atoms with van der Waals surface area (Å²) in [7, 11) is -3.69. The zero-order valence-electron chi connectivity index (χ0n) is 14.4. The van der Waals surface area contributed by atoms with Gasteiger partial charge >= 0.3 is 0 Å². The molecule has 1 heterocycles. The Morgan fingerprint density at radius 2 is 1.58 bits per heavy atom. The van der Waals surface area contributed by atoms with Gasteiger partial charge in [0.2, 0.25) is 0 Å². The second kappa shape index (κ2) is 5.63. The fourth-order valence-corrected chi connectivity index (χ4v) is 4.56. The number of sulfonamides is 1. The molecular weight excluding hydrogens is 324 g/mol. The highest BCUT2D eigenvalue weighted by Crippen LogP contribution is 2.28. The van der Waals surface area contributed by atoms with E-state index in [0.29, 0.717) is 27.6 Å². The monoisotopic (exact) mass is 344 g/mol. The van der Waals surface area contributed by atoms with Crippen molar-refractivity contribution in [3.05, 3.63) is 52.4 Å². The highest BCUT2D eigenvalue weighted by molar-refractivity contribution is 7.92. The summed E-state index contributed by atoms with van der Waals surface area (Å²) >= 11 is 0. The van der Waals surface area contributed by atoms with Gasteiger partial charge in [-0.2, -0.15) is 0 Å². The van der Waals surface area contributed by atoms with E-state index in [1.807, 2.05) is 33.8 Å². The number of fused-ring (bicyclic) bond motifs is 1. The Hall–Kier alpha value is -2.34. The minimum absolute atomic E-state index is 0.344. The van der Waals surface area contributed by atoms with Gasteiger partial charge in [-0.3, -0.25) is 4.72 Å². The second-order valence-electron chi connectivity index (χ2n) is 6.11. The fourth-order valence-electron chi connectivity index (χ4n) is 2.90. The zero-order valence-corrected chi connectivity index (χ0v) is 15.2. The SMILES string of the molecule is Cc1nc2cc(NS(=O)(=O)c3c(C)c(C)cc(C)c3C)ccc2o1. The number of hydrogen-bond acceptors (Lipinski definition) is 4. The minimum Gasteiger partial charge on any atom is -0.441 e. The van der Waals surface area contributed by atoms with Crippen molar-refractivity contribution in [2.75, 3.05) is 4.72 Å². The van der Waals surface area contributed by atoms with E-state index in [-0.39, 0.29) is 0 Å². The van der Waals surface area contributed by atoms with E-state index in [0.717, 1.165) is 22.3 Å². The molecule has 0 unspecified atom stereocenters. The Morgan fingerprint density at radius 1 is 0.958 bits per heavy atom. The number of aryl methyl sites for hydroxylation is 3. The lowest BCUT2D eigenvalue weighted by molar-refractivity contribution is 0.561. The van der Waals surface area contributed by atoms with Gasteiger partial charge in [-0.25, -0.2) is 13.4 Å². The molecule has 0 bridgehead atoms. The zero-order chi connectivity index (χ0) is 17.6. The van der Waals surface area contributed by atoms with Crippen LogP contribution in [0.5, 0.6) is 0 Å². The van der Waals surface area contributed by atoms with E-state index >= 15 is 0 Å². The summed E-state index contributed by atoms with van der Waals surface area (Å²) in [6.45, 7) is 9.27. The van der Waals surface area contributed by atoms with Crippen molar-refractivity contribution < 1.29 is 12.8 Å². The average Bonchev–Trinajstić information content (AvgIpc) is 2.84. The van der Waals surface area contributed by atoms with E-state index in [1.54, 1.807) is 25.1 Å². The predicted molar refractivity (Wildman–Crippen MR) is 94.9 cm³/mol. The molecule has 0 saturated heterocycles. The third-order valence-electron chi connectivity index (χ3n) is 4.31. The first-order valence-electron chi connectivity index (χ1n) is 7.66. The fraction of sp³-hybridized carbons (Fsp3) is 0.278. The first-order chi connectivity index (χ1) is 11.2. The summed E-state index contributed by atoms with van der Waals surface area (Å²) < 4.78 is 33.9. The lowest BCUT2D eigenvalue weighted by Gasteiger charge is -2.16. The molecular formula is C18H20N2O3S. The summed E-state index contributed by atoms with van der Waals surface area (Å²) in [4.78, 5) is 4.58. The third-order valence-corrected chi connectivity index (χ3v) is 5.97. The normalized spacial score (nSPS) is 11.9. The van der Waals surface area contributed by atoms with Crippen LogP contribution < -0.4 is 4.72 Å². The van der Waals surface area contributed by atoms with Gasteiger partial charge in [-0.05, 0) is 68.1 Å². The molecule has 0 aliphatic heterocycles. The first kappa shape index (κ1) is 16.5. The predicted octanol–water partition coefficient (Wildman–Crippen LogP) is 4.17. The summed E-state index contributed by atoms with van der Waals surface area (Å²) in [5.41, 5.74) is 5.18. The van der Waals surface area contributed by atoms with Gasteiger partial charge in [-0.15, -0.1) is 0 Å². The lowest BCUT2D eigenvalue weighted by Crippen LogP contribution is -2.17. The standard InChI is InChI=1S/C18H20N2O3S/c1-10-8-11(2)13(4)18(12(10)3)24(21,22)20-15-6-7-17-16(9-15)19-14(5)23-17/h6-9,20H,1-5H3. The largest absolute Gasteiger partial charge is 0.441 e. The Balaban J connectivity index is 2.08. The molecule has 3 aromatic rings. The maximum atomic E-state index is 12.9. The molecule has 0 aliphatic rings. The van der Waals surface area contributed by atoms with Crippen LogP contribution in [0.15, 0.2) is 33.6 Å². The van der Waals surface area contributed by atoms with Crippen LogP contribution in [-0.2, 0) is 10.0 Å². The highest BCUT2D eigenvalue weighted by atomic mass is 32.2. The van der Waals surface area contributed by atoms with Gasteiger partial charge in [0.1, 0.15) is 5.52 Å². The van der Waals surface area contributed by atoms with Gasteiger partial charge in [0.15, 0.2) is 11.5 Å². The Labute approximate surface area is 141 Å². The van der Waals surface area contributed by atoms with Crippen LogP contribution in [0.25, 0.3) is 11.1 Å². The third kappa shape index (κ3) is 2.78. The number of rotatable bonds is 3. The molecule has 0 amide bonds. The van der Waals surface area contributed by atoms with Crippen LogP contribution in [0, 0.1) is 34.6 Å². The molecule has 0 saturated carbocycles. The number of anilines is 1. The van der Waals surface area contributed by atoms with Crippen LogP contribution in [0.1, 0.15) is 28.1 Å². The molecule has 1 N–H and O–H groups in total.